The Labute approximate surface area is 76.0 Å². The fraction of sp³-hybridized carbons (Fsp3) is 0.375. The molecule has 12 heavy (non-hydrogen) atoms. The summed E-state index contributed by atoms with van der Waals surface area (Å²) in [4.78, 5) is 10.8. The van der Waals surface area contributed by atoms with Gasteiger partial charge in [0.1, 0.15) is 11.6 Å². The Hall–Kier alpha value is -0.980. The van der Waals surface area contributed by atoms with E-state index in [1.807, 2.05) is 0 Å². The summed E-state index contributed by atoms with van der Waals surface area (Å²) in [6.07, 6.45) is 1.19. The minimum Gasteiger partial charge on any atom is -0.462 e. The van der Waals surface area contributed by atoms with E-state index in [1.165, 1.54) is 6.08 Å². The van der Waals surface area contributed by atoms with Gasteiger partial charge in [0.15, 0.2) is 0 Å². The summed E-state index contributed by atoms with van der Waals surface area (Å²) in [7, 11) is 0. The van der Waals surface area contributed by atoms with Gasteiger partial charge in [-0.1, -0.05) is 23.4 Å². The first-order valence-corrected chi connectivity index (χ1v) is 3.72. The Morgan fingerprint density at radius 1 is 1.75 bits per heavy atom. The molecule has 0 saturated carbocycles. The third kappa shape index (κ3) is 4.78. The first-order chi connectivity index (χ1) is 5.72. The predicted molar refractivity (Wildman–Crippen MR) is 45.4 cm³/mol. The third-order valence-electron chi connectivity index (χ3n) is 0.850. The van der Waals surface area contributed by atoms with Gasteiger partial charge in [0.2, 0.25) is 0 Å². The molecule has 66 valence electrons. The molecule has 0 radical (unpaired) electrons. The fourth-order valence-corrected chi connectivity index (χ4v) is 0.528. The van der Waals surface area contributed by atoms with Gasteiger partial charge < -0.3 is 9.84 Å². The van der Waals surface area contributed by atoms with Crippen molar-refractivity contribution in [2.24, 2.45) is 0 Å². The van der Waals surface area contributed by atoms with Gasteiger partial charge in [-0.2, -0.15) is 0 Å². The van der Waals surface area contributed by atoms with Crippen molar-refractivity contribution in [2.75, 3.05) is 13.2 Å². The number of ether oxygens (including phenoxy) is 1. The van der Waals surface area contributed by atoms with Crippen LogP contribution in [-0.4, -0.2) is 24.3 Å². The maximum absolute atomic E-state index is 10.8. The monoisotopic (exact) mass is 188 g/mol. The lowest BCUT2D eigenvalue weighted by molar-refractivity contribution is -0.137. The van der Waals surface area contributed by atoms with Gasteiger partial charge in [-0.25, -0.2) is 4.79 Å². The Morgan fingerprint density at radius 2 is 2.42 bits per heavy atom. The molecule has 4 heteroatoms. The average molecular weight is 189 g/mol. The molecule has 0 heterocycles. The van der Waals surface area contributed by atoms with Crippen LogP contribution in [0.2, 0.25) is 0 Å². The number of aliphatic hydroxyl groups is 1. The molecule has 0 aliphatic heterocycles. The zero-order valence-electron chi connectivity index (χ0n) is 6.63. The average Bonchev–Trinajstić information content (AvgIpc) is 2.05. The summed E-state index contributed by atoms with van der Waals surface area (Å²) in [5.41, 5.74) is 0. The number of hydrogen-bond acceptors (Lipinski definition) is 3. The van der Waals surface area contributed by atoms with E-state index >= 15 is 0 Å². The molecule has 0 fully saturated rings. The second-order valence-electron chi connectivity index (χ2n) is 1.69. The molecule has 1 N–H and O–H groups in total. The van der Waals surface area contributed by atoms with Gasteiger partial charge in [0.25, 0.3) is 0 Å². The minimum absolute atomic E-state index is 0.0854. The molecule has 0 unspecified atom stereocenters. The van der Waals surface area contributed by atoms with Gasteiger partial charge in [-0.05, 0) is 6.92 Å². The van der Waals surface area contributed by atoms with Crippen molar-refractivity contribution in [3.8, 4) is 11.8 Å². The summed E-state index contributed by atoms with van der Waals surface area (Å²) in [5, 5.41) is 8.17. The number of aliphatic hydroxyl groups excluding tert-OH is 1. The highest BCUT2D eigenvalue weighted by molar-refractivity contribution is 6.41. The Kier molecular flexibility index (Phi) is 6.16. The van der Waals surface area contributed by atoms with E-state index in [9.17, 15) is 4.79 Å². The number of allylic oxidation sites excluding steroid dienone is 1. The molecule has 0 aromatic heterocycles. The first-order valence-electron chi connectivity index (χ1n) is 3.34. The molecule has 3 nitrogen and oxygen atoms in total. The zero-order chi connectivity index (χ0) is 9.40. The Morgan fingerprint density at radius 3 is 2.92 bits per heavy atom. The molecule has 0 rings (SSSR count). The Bertz CT molecular complexity index is 234. The van der Waals surface area contributed by atoms with Crippen LogP contribution in [0.5, 0.6) is 0 Å². The molecular formula is C8H9ClO3. The van der Waals surface area contributed by atoms with Crippen molar-refractivity contribution < 1.29 is 14.6 Å². The van der Waals surface area contributed by atoms with Crippen LogP contribution in [0.4, 0.5) is 0 Å². The van der Waals surface area contributed by atoms with Gasteiger partial charge >= 0.3 is 5.97 Å². The third-order valence-corrected chi connectivity index (χ3v) is 1.11. The second-order valence-corrected chi connectivity index (χ2v) is 2.10. The molecule has 0 aliphatic carbocycles. The van der Waals surface area contributed by atoms with Crippen LogP contribution in [0.1, 0.15) is 6.92 Å². The van der Waals surface area contributed by atoms with E-state index in [2.05, 4.69) is 16.6 Å². The maximum atomic E-state index is 10.8. The summed E-state index contributed by atoms with van der Waals surface area (Å²) < 4.78 is 4.56. The van der Waals surface area contributed by atoms with E-state index in [-0.39, 0.29) is 18.2 Å². The van der Waals surface area contributed by atoms with Gasteiger partial charge in [-0.3, -0.25) is 0 Å². The number of esters is 1. The highest BCUT2D eigenvalue weighted by Gasteiger charge is 2.04. The molecule has 0 atom stereocenters. The zero-order valence-corrected chi connectivity index (χ0v) is 7.39. The summed E-state index contributed by atoms with van der Waals surface area (Å²) in [5.74, 6) is 4.09. The van der Waals surface area contributed by atoms with Crippen molar-refractivity contribution in [2.45, 2.75) is 6.92 Å². The summed E-state index contributed by atoms with van der Waals surface area (Å²) in [6, 6.07) is 0. The van der Waals surface area contributed by atoms with E-state index in [4.69, 9.17) is 16.7 Å². The molecule has 0 amide bonds. The largest absolute Gasteiger partial charge is 0.462 e. The topological polar surface area (TPSA) is 46.5 Å². The molecular weight excluding hydrogens is 180 g/mol. The Balaban J connectivity index is 4.08. The normalized spacial score (nSPS) is 10.1. The van der Waals surface area contributed by atoms with Crippen molar-refractivity contribution in [3.63, 3.8) is 0 Å². The minimum atomic E-state index is -0.605. The highest BCUT2D eigenvalue weighted by atomic mass is 35.5. The van der Waals surface area contributed by atoms with Crippen LogP contribution < -0.4 is 0 Å². The lowest BCUT2D eigenvalue weighted by Crippen LogP contribution is -2.03. The van der Waals surface area contributed by atoms with E-state index in [0.29, 0.717) is 0 Å². The molecule has 0 spiro atoms. The second kappa shape index (κ2) is 6.71. The molecule has 0 aromatic carbocycles. The van der Waals surface area contributed by atoms with Crippen LogP contribution in [0.3, 0.4) is 0 Å². The van der Waals surface area contributed by atoms with Crippen LogP contribution in [0.25, 0.3) is 0 Å². The SMILES string of the molecule is CCOC(=O)C(Cl)=CC#CCO. The molecule has 0 aromatic rings. The van der Waals surface area contributed by atoms with Crippen molar-refractivity contribution in [1.82, 2.24) is 0 Å². The number of rotatable bonds is 2. The number of halogens is 1. The lowest BCUT2D eigenvalue weighted by Gasteiger charge is -1.96. The quantitative estimate of drug-likeness (QED) is 0.394. The van der Waals surface area contributed by atoms with Crippen LogP contribution in [0.15, 0.2) is 11.1 Å². The number of carbonyl (C=O) groups excluding carboxylic acids is 1. The standard InChI is InChI=1S/C8H9ClO3/c1-2-12-8(11)7(9)5-3-4-6-10/h5,10H,2,6H2,1H3. The van der Waals surface area contributed by atoms with Crippen molar-refractivity contribution in [3.05, 3.63) is 11.1 Å². The fourth-order valence-electron chi connectivity index (χ4n) is 0.419. The molecule has 0 bridgehead atoms. The van der Waals surface area contributed by atoms with E-state index in [1.54, 1.807) is 6.92 Å². The molecule has 0 aliphatic rings. The summed E-state index contributed by atoms with van der Waals surface area (Å²) in [6.45, 7) is 1.70. The lowest BCUT2D eigenvalue weighted by atomic mass is 10.5. The predicted octanol–water partition coefficient (Wildman–Crippen LogP) is 0.668. The van der Waals surface area contributed by atoms with Crippen LogP contribution >= 0.6 is 11.6 Å². The highest BCUT2D eigenvalue weighted by Crippen LogP contribution is 2.02. The van der Waals surface area contributed by atoms with Crippen molar-refractivity contribution >= 4 is 17.6 Å². The van der Waals surface area contributed by atoms with Gasteiger partial charge in [0, 0.05) is 6.08 Å². The summed E-state index contributed by atoms with van der Waals surface area (Å²) >= 11 is 5.45. The smallest absolute Gasteiger partial charge is 0.350 e. The van der Waals surface area contributed by atoms with Crippen LogP contribution in [0, 0.1) is 11.8 Å². The van der Waals surface area contributed by atoms with E-state index in [0.717, 1.165) is 0 Å². The number of carbonyl (C=O) groups is 1. The maximum Gasteiger partial charge on any atom is 0.350 e. The van der Waals surface area contributed by atoms with Crippen molar-refractivity contribution in [1.29, 1.82) is 0 Å². The van der Waals surface area contributed by atoms with Gasteiger partial charge in [0.05, 0.1) is 6.61 Å². The van der Waals surface area contributed by atoms with E-state index < -0.39 is 5.97 Å². The number of hydrogen-bond donors (Lipinski definition) is 1. The van der Waals surface area contributed by atoms with Gasteiger partial charge in [-0.15, -0.1) is 0 Å². The first kappa shape index (κ1) is 11.0. The van der Waals surface area contributed by atoms with Crippen LogP contribution in [-0.2, 0) is 9.53 Å². The molecule has 0 saturated heterocycles.